The highest BCUT2D eigenvalue weighted by molar-refractivity contribution is 5.58. The molecular formula is C14H17N3O. The maximum Gasteiger partial charge on any atom is 0.0923 e. The van der Waals surface area contributed by atoms with Crippen molar-refractivity contribution in [2.24, 2.45) is 0 Å². The van der Waals surface area contributed by atoms with E-state index in [0.717, 1.165) is 29.9 Å². The second-order valence-electron chi connectivity index (χ2n) is 4.97. The molecule has 3 N–H and O–H groups in total. The van der Waals surface area contributed by atoms with Gasteiger partial charge in [0.15, 0.2) is 0 Å². The van der Waals surface area contributed by atoms with Gasteiger partial charge in [-0.3, -0.25) is 5.10 Å². The molecule has 1 aliphatic heterocycles. The van der Waals surface area contributed by atoms with Crippen LogP contribution >= 0.6 is 0 Å². The fraction of sp³-hybridized carbons (Fsp3) is 0.357. The van der Waals surface area contributed by atoms with Crippen LogP contribution in [0.2, 0.25) is 0 Å². The number of nitrogens with one attached hydrogen (secondary N) is 2. The van der Waals surface area contributed by atoms with Crippen molar-refractivity contribution in [3.05, 3.63) is 42.1 Å². The molecule has 1 unspecified atom stereocenters. The minimum atomic E-state index is -0.625. The maximum absolute atomic E-state index is 10.3. The van der Waals surface area contributed by atoms with Gasteiger partial charge in [0.1, 0.15) is 0 Å². The monoisotopic (exact) mass is 243 g/mol. The Labute approximate surface area is 106 Å². The van der Waals surface area contributed by atoms with Crippen molar-refractivity contribution >= 4 is 0 Å². The Morgan fingerprint density at radius 2 is 2.11 bits per heavy atom. The van der Waals surface area contributed by atoms with Gasteiger partial charge >= 0.3 is 0 Å². The van der Waals surface area contributed by atoms with Crippen LogP contribution in [-0.4, -0.2) is 34.0 Å². The van der Waals surface area contributed by atoms with E-state index in [1.54, 1.807) is 0 Å². The largest absolute Gasteiger partial charge is 0.388 e. The molecule has 0 amide bonds. The van der Waals surface area contributed by atoms with Gasteiger partial charge in [0.2, 0.25) is 0 Å². The SMILES string of the molecule is OC1(Cc2cc(-c3ccccc3)n[nH]2)CCNC1. The van der Waals surface area contributed by atoms with Crippen LogP contribution in [0.3, 0.4) is 0 Å². The highest BCUT2D eigenvalue weighted by atomic mass is 16.3. The molecule has 0 spiro atoms. The normalized spacial score (nSPS) is 23.4. The molecule has 3 rings (SSSR count). The molecule has 18 heavy (non-hydrogen) atoms. The molecule has 1 saturated heterocycles. The van der Waals surface area contributed by atoms with E-state index in [2.05, 4.69) is 15.5 Å². The summed E-state index contributed by atoms with van der Waals surface area (Å²) in [6.07, 6.45) is 1.42. The average molecular weight is 243 g/mol. The van der Waals surface area contributed by atoms with Crippen molar-refractivity contribution in [1.29, 1.82) is 0 Å². The van der Waals surface area contributed by atoms with Crippen molar-refractivity contribution in [3.63, 3.8) is 0 Å². The number of H-pyrrole nitrogens is 1. The summed E-state index contributed by atoms with van der Waals surface area (Å²) in [6, 6.07) is 12.1. The van der Waals surface area contributed by atoms with E-state index >= 15 is 0 Å². The standard InChI is InChI=1S/C14H17N3O/c18-14(6-7-15-10-14)9-12-8-13(17-16-12)11-4-2-1-3-5-11/h1-5,8,15,18H,6-7,9-10H2,(H,16,17). The van der Waals surface area contributed by atoms with Gasteiger partial charge in [-0.05, 0) is 19.0 Å². The van der Waals surface area contributed by atoms with E-state index in [1.807, 2.05) is 36.4 Å². The third-order valence-corrected chi connectivity index (χ3v) is 3.44. The molecule has 1 fully saturated rings. The summed E-state index contributed by atoms with van der Waals surface area (Å²) in [4.78, 5) is 0. The fourth-order valence-electron chi connectivity index (χ4n) is 2.44. The summed E-state index contributed by atoms with van der Waals surface area (Å²) in [6.45, 7) is 1.54. The van der Waals surface area contributed by atoms with Gasteiger partial charge in [-0.25, -0.2) is 0 Å². The third kappa shape index (κ3) is 2.30. The van der Waals surface area contributed by atoms with Crippen LogP contribution in [0.15, 0.2) is 36.4 Å². The summed E-state index contributed by atoms with van der Waals surface area (Å²) in [5.41, 5.74) is 2.39. The average Bonchev–Trinajstić information content (AvgIpc) is 3.00. The first-order chi connectivity index (χ1) is 8.75. The molecule has 2 aromatic rings. The second kappa shape index (κ2) is 4.55. The zero-order valence-electron chi connectivity index (χ0n) is 10.2. The first-order valence-electron chi connectivity index (χ1n) is 6.28. The zero-order chi connectivity index (χ0) is 12.4. The fourth-order valence-corrected chi connectivity index (χ4v) is 2.44. The highest BCUT2D eigenvalue weighted by Crippen LogP contribution is 2.22. The molecule has 0 bridgehead atoms. The van der Waals surface area contributed by atoms with E-state index in [4.69, 9.17) is 0 Å². The van der Waals surface area contributed by atoms with Crippen LogP contribution in [0.5, 0.6) is 0 Å². The number of hydrogen-bond donors (Lipinski definition) is 3. The van der Waals surface area contributed by atoms with Gasteiger partial charge in [0, 0.05) is 24.2 Å². The maximum atomic E-state index is 10.3. The molecule has 0 aliphatic carbocycles. The number of benzene rings is 1. The van der Waals surface area contributed by atoms with Gasteiger partial charge in [-0.2, -0.15) is 5.10 Å². The first-order valence-corrected chi connectivity index (χ1v) is 6.28. The molecule has 2 heterocycles. The van der Waals surface area contributed by atoms with E-state index < -0.39 is 5.60 Å². The van der Waals surface area contributed by atoms with Gasteiger partial charge < -0.3 is 10.4 Å². The Bertz CT molecular complexity index is 515. The molecule has 1 atom stereocenters. The van der Waals surface area contributed by atoms with Crippen molar-refractivity contribution in [2.45, 2.75) is 18.4 Å². The molecule has 1 aromatic heterocycles. The van der Waals surface area contributed by atoms with E-state index in [1.165, 1.54) is 0 Å². The van der Waals surface area contributed by atoms with Crippen LogP contribution in [-0.2, 0) is 6.42 Å². The van der Waals surface area contributed by atoms with Gasteiger partial charge in [0.25, 0.3) is 0 Å². The topological polar surface area (TPSA) is 60.9 Å². The number of nitrogens with zero attached hydrogens (tertiary/aromatic N) is 1. The minimum Gasteiger partial charge on any atom is -0.388 e. The first kappa shape index (κ1) is 11.4. The lowest BCUT2D eigenvalue weighted by molar-refractivity contribution is 0.0609. The van der Waals surface area contributed by atoms with Crippen molar-refractivity contribution in [3.8, 4) is 11.3 Å². The summed E-state index contributed by atoms with van der Waals surface area (Å²) in [5, 5.41) is 20.8. The number of aromatic nitrogens is 2. The second-order valence-corrected chi connectivity index (χ2v) is 4.97. The van der Waals surface area contributed by atoms with Crippen LogP contribution in [0.1, 0.15) is 12.1 Å². The molecule has 1 aliphatic rings. The number of rotatable bonds is 3. The van der Waals surface area contributed by atoms with Crippen molar-refractivity contribution < 1.29 is 5.11 Å². The quantitative estimate of drug-likeness (QED) is 0.762. The minimum absolute atomic E-state index is 0.625. The van der Waals surface area contributed by atoms with Crippen molar-refractivity contribution in [1.82, 2.24) is 15.5 Å². The number of aromatic amines is 1. The molecule has 0 saturated carbocycles. The molecular weight excluding hydrogens is 226 g/mol. The Morgan fingerprint density at radius 1 is 1.28 bits per heavy atom. The summed E-state index contributed by atoms with van der Waals surface area (Å²) in [5.74, 6) is 0. The predicted molar refractivity (Wildman–Crippen MR) is 70.2 cm³/mol. The smallest absolute Gasteiger partial charge is 0.0923 e. The lowest BCUT2D eigenvalue weighted by atomic mass is 9.96. The predicted octanol–water partition coefficient (Wildman–Crippen LogP) is 1.34. The van der Waals surface area contributed by atoms with Crippen LogP contribution in [0.25, 0.3) is 11.3 Å². The van der Waals surface area contributed by atoms with E-state index in [0.29, 0.717) is 13.0 Å². The van der Waals surface area contributed by atoms with Gasteiger partial charge in [0.05, 0.1) is 11.3 Å². The molecule has 4 heteroatoms. The summed E-state index contributed by atoms with van der Waals surface area (Å²) in [7, 11) is 0. The van der Waals surface area contributed by atoms with Crippen LogP contribution in [0, 0.1) is 0 Å². The Balaban J connectivity index is 1.78. The van der Waals surface area contributed by atoms with Crippen LogP contribution < -0.4 is 5.32 Å². The number of aliphatic hydroxyl groups is 1. The zero-order valence-corrected chi connectivity index (χ0v) is 10.2. The lowest BCUT2D eigenvalue weighted by Crippen LogP contribution is -2.33. The molecule has 0 radical (unpaired) electrons. The lowest BCUT2D eigenvalue weighted by Gasteiger charge is -2.19. The number of hydrogen-bond acceptors (Lipinski definition) is 3. The van der Waals surface area contributed by atoms with Crippen LogP contribution in [0.4, 0.5) is 0 Å². The number of β-amino-alcohol motifs (C(OH)–C–C–N with tert-alkyl or cyclic N) is 1. The Kier molecular flexibility index (Phi) is 2.89. The third-order valence-electron chi connectivity index (χ3n) is 3.44. The van der Waals surface area contributed by atoms with Gasteiger partial charge in [-0.1, -0.05) is 30.3 Å². The van der Waals surface area contributed by atoms with E-state index in [-0.39, 0.29) is 0 Å². The molecule has 1 aromatic carbocycles. The van der Waals surface area contributed by atoms with E-state index in [9.17, 15) is 5.11 Å². The Morgan fingerprint density at radius 3 is 2.83 bits per heavy atom. The molecule has 94 valence electrons. The molecule has 4 nitrogen and oxygen atoms in total. The highest BCUT2D eigenvalue weighted by Gasteiger charge is 2.31. The van der Waals surface area contributed by atoms with Gasteiger partial charge in [-0.15, -0.1) is 0 Å². The summed E-state index contributed by atoms with van der Waals surface area (Å²) < 4.78 is 0. The van der Waals surface area contributed by atoms with Crippen molar-refractivity contribution in [2.75, 3.05) is 13.1 Å². The Hall–Kier alpha value is -1.65. The summed E-state index contributed by atoms with van der Waals surface area (Å²) >= 11 is 0.